The standard InChI is InChI=1S/C9H19N3O.C7H15N3O/c1-8(13)12-6-4-9(5-7-12)11(3)10-2;1-6(11)10-4-2-7(9-8)3-5-10/h9-10H,4-7H2,1-3H3;7,9H,2-5,8H2,1H3. The highest BCUT2D eigenvalue weighted by Crippen LogP contribution is 2.13. The van der Waals surface area contributed by atoms with Crippen LogP contribution in [-0.4, -0.2) is 79.0 Å². The summed E-state index contributed by atoms with van der Waals surface area (Å²) in [6.45, 7) is 6.71. The molecule has 0 spiro atoms. The fourth-order valence-electron chi connectivity index (χ4n) is 3.11. The number of carbonyl (C=O) groups excluding carboxylic acids is 2. The lowest BCUT2D eigenvalue weighted by Crippen LogP contribution is -2.48. The minimum atomic E-state index is 0.167. The van der Waals surface area contributed by atoms with Crippen molar-refractivity contribution >= 4 is 11.8 Å². The molecular weight excluding hydrogens is 308 g/mol. The molecule has 8 nitrogen and oxygen atoms in total. The second-order valence-corrected chi connectivity index (χ2v) is 6.52. The molecule has 0 aliphatic carbocycles. The third kappa shape index (κ3) is 6.72. The number of hydrazine groups is 2. The lowest BCUT2D eigenvalue weighted by molar-refractivity contribution is -0.131. The van der Waals surface area contributed by atoms with Crippen molar-refractivity contribution in [3.8, 4) is 0 Å². The molecule has 2 rings (SSSR count). The van der Waals surface area contributed by atoms with Gasteiger partial charge in [-0.05, 0) is 32.7 Å². The van der Waals surface area contributed by atoms with Crippen LogP contribution in [0.3, 0.4) is 0 Å². The highest BCUT2D eigenvalue weighted by atomic mass is 16.2. The highest BCUT2D eigenvalue weighted by Gasteiger charge is 2.22. The molecule has 2 heterocycles. The monoisotopic (exact) mass is 342 g/mol. The number of nitrogens with one attached hydrogen (secondary N) is 2. The van der Waals surface area contributed by atoms with Gasteiger partial charge in [0.1, 0.15) is 0 Å². The smallest absolute Gasteiger partial charge is 0.219 e. The predicted molar refractivity (Wildman–Crippen MR) is 94.7 cm³/mol. The minimum Gasteiger partial charge on any atom is -0.343 e. The van der Waals surface area contributed by atoms with Crippen LogP contribution in [0.4, 0.5) is 0 Å². The Labute approximate surface area is 145 Å². The summed E-state index contributed by atoms with van der Waals surface area (Å²) in [7, 11) is 3.98. The molecule has 140 valence electrons. The van der Waals surface area contributed by atoms with Crippen molar-refractivity contribution in [1.29, 1.82) is 0 Å². The number of likely N-dealkylation sites (tertiary alicyclic amines) is 2. The average molecular weight is 342 g/mol. The van der Waals surface area contributed by atoms with Crippen LogP contribution in [0.2, 0.25) is 0 Å². The number of nitrogens with zero attached hydrogens (tertiary/aromatic N) is 3. The molecule has 0 saturated carbocycles. The molecule has 0 aromatic rings. The SMILES string of the molecule is CC(=O)N1CCC(NN)CC1.CNN(C)C1CCN(C(C)=O)CC1. The molecule has 0 atom stereocenters. The first-order valence-corrected chi connectivity index (χ1v) is 8.76. The van der Waals surface area contributed by atoms with Gasteiger partial charge in [-0.3, -0.25) is 26.3 Å². The van der Waals surface area contributed by atoms with Crippen LogP contribution < -0.4 is 16.7 Å². The first-order valence-electron chi connectivity index (χ1n) is 8.76. The number of piperidine rings is 2. The van der Waals surface area contributed by atoms with Gasteiger partial charge in [-0.2, -0.15) is 0 Å². The maximum Gasteiger partial charge on any atom is 0.219 e. The van der Waals surface area contributed by atoms with E-state index in [0.29, 0.717) is 12.1 Å². The Kier molecular flexibility index (Phi) is 9.20. The summed E-state index contributed by atoms with van der Waals surface area (Å²) in [5, 5.41) is 2.12. The van der Waals surface area contributed by atoms with Crippen LogP contribution in [0.15, 0.2) is 0 Å². The van der Waals surface area contributed by atoms with Gasteiger partial charge in [-0.15, -0.1) is 0 Å². The Morgan fingerprint density at radius 3 is 1.71 bits per heavy atom. The summed E-state index contributed by atoms with van der Waals surface area (Å²) >= 11 is 0. The molecule has 2 saturated heterocycles. The van der Waals surface area contributed by atoms with E-state index in [1.165, 1.54) is 0 Å². The first kappa shape index (κ1) is 20.8. The Morgan fingerprint density at radius 2 is 1.38 bits per heavy atom. The van der Waals surface area contributed by atoms with Crippen molar-refractivity contribution in [2.45, 2.75) is 51.6 Å². The van der Waals surface area contributed by atoms with E-state index in [0.717, 1.165) is 51.9 Å². The molecule has 4 N–H and O–H groups in total. The Bertz CT molecular complexity index is 390. The van der Waals surface area contributed by atoms with E-state index in [1.807, 2.05) is 23.9 Å². The Morgan fingerprint density at radius 1 is 0.958 bits per heavy atom. The van der Waals surface area contributed by atoms with Gasteiger partial charge in [-0.25, -0.2) is 5.01 Å². The summed E-state index contributed by atoms with van der Waals surface area (Å²) in [5.74, 6) is 5.64. The molecule has 0 aromatic heterocycles. The van der Waals surface area contributed by atoms with E-state index in [1.54, 1.807) is 13.8 Å². The van der Waals surface area contributed by atoms with Crippen LogP contribution in [0.5, 0.6) is 0 Å². The van der Waals surface area contributed by atoms with Crippen molar-refractivity contribution < 1.29 is 9.59 Å². The molecule has 0 aromatic carbocycles. The highest BCUT2D eigenvalue weighted by molar-refractivity contribution is 5.73. The zero-order valence-corrected chi connectivity index (χ0v) is 15.5. The van der Waals surface area contributed by atoms with E-state index in [9.17, 15) is 9.59 Å². The second kappa shape index (κ2) is 10.6. The van der Waals surface area contributed by atoms with Crippen molar-refractivity contribution in [1.82, 2.24) is 25.7 Å². The van der Waals surface area contributed by atoms with E-state index in [4.69, 9.17) is 5.84 Å². The van der Waals surface area contributed by atoms with E-state index < -0.39 is 0 Å². The fourth-order valence-corrected chi connectivity index (χ4v) is 3.11. The number of nitrogens with two attached hydrogens (primary N) is 1. The quantitative estimate of drug-likeness (QED) is 0.474. The summed E-state index contributed by atoms with van der Waals surface area (Å²) in [4.78, 5) is 25.7. The Balaban J connectivity index is 0.000000243. The van der Waals surface area contributed by atoms with Gasteiger partial charge in [0, 0.05) is 59.2 Å². The van der Waals surface area contributed by atoms with Gasteiger partial charge >= 0.3 is 0 Å². The third-order valence-electron chi connectivity index (χ3n) is 4.99. The molecule has 2 aliphatic rings. The van der Waals surface area contributed by atoms with Crippen molar-refractivity contribution in [3.05, 3.63) is 0 Å². The zero-order valence-electron chi connectivity index (χ0n) is 15.5. The van der Waals surface area contributed by atoms with Gasteiger partial charge in [-0.1, -0.05) is 0 Å². The topological polar surface area (TPSA) is 93.9 Å². The van der Waals surface area contributed by atoms with E-state index in [2.05, 4.69) is 15.9 Å². The number of carbonyl (C=O) groups is 2. The second-order valence-electron chi connectivity index (χ2n) is 6.52. The summed E-state index contributed by atoms with van der Waals surface area (Å²) in [6.07, 6.45) is 4.07. The van der Waals surface area contributed by atoms with Crippen LogP contribution in [-0.2, 0) is 9.59 Å². The molecule has 0 bridgehead atoms. The maximum absolute atomic E-state index is 11.0. The molecular formula is C16H34N6O2. The van der Waals surface area contributed by atoms with Gasteiger partial charge < -0.3 is 9.80 Å². The van der Waals surface area contributed by atoms with Gasteiger partial charge in [0.25, 0.3) is 0 Å². The summed E-state index contributed by atoms with van der Waals surface area (Å²) in [5.41, 5.74) is 5.83. The van der Waals surface area contributed by atoms with Crippen molar-refractivity contribution in [2.75, 3.05) is 40.3 Å². The molecule has 8 heteroatoms. The molecule has 0 unspecified atom stereocenters. The predicted octanol–water partition coefficient (Wildman–Crippen LogP) is -0.476. The average Bonchev–Trinajstić information content (AvgIpc) is 2.61. The normalized spacial score (nSPS) is 19.9. The van der Waals surface area contributed by atoms with Crippen LogP contribution >= 0.6 is 0 Å². The Hall–Kier alpha value is -1.22. The van der Waals surface area contributed by atoms with Crippen molar-refractivity contribution in [3.63, 3.8) is 0 Å². The summed E-state index contributed by atoms with van der Waals surface area (Å²) in [6, 6.07) is 0.964. The van der Waals surface area contributed by atoms with Gasteiger partial charge in [0.15, 0.2) is 0 Å². The van der Waals surface area contributed by atoms with E-state index >= 15 is 0 Å². The molecule has 2 amide bonds. The minimum absolute atomic E-state index is 0.167. The molecule has 2 fully saturated rings. The first-order chi connectivity index (χ1) is 11.4. The van der Waals surface area contributed by atoms with Gasteiger partial charge in [0.05, 0.1) is 0 Å². The number of hydrogen-bond donors (Lipinski definition) is 3. The maximum atomic E-state index is 11.0. The zero-order chi connectivity index (χ0) is 18.1. The van der Waals surface area contributed by atoms with Crippen LogP contribution in [0.1, 0.15) is 39.5 Å². The largest absolute Gasteiger partial charge is 0.343 e. The number of rotatable bonds is 3. The molecule has 24 heavy (non-hydrogen) atoms. The van der Waals surface area contributed by atoms with Crippen LogP contribution in [0, 0.1) is 0 Å². The summed E-state index contributed by atoms with van der Waals surface area (Å²) < 4.78 is 0. The number of hydrogen-bond acceptors (Lipinski definition) is 6. The lowest BCUT2D eigenvalue weighted by Gasteiger charge is -2.35. The number of amides is 2. The molecule has 0 radical (unpaired) electrons. The van der Waals surface area contributed by atoms with Crippen LogP contribution in [0.25, 0.3) is 0 Å². The third-order valence-corrected chi connectivity index (χ3v) is 4.99. The van der Waals surface area contributed by atoms with Gasteiger partial charge in [0.2, 0.25) is 11.8 Å². The fraction of sp³-hybridized carbons (Fsp3) is 0.875. The van der Waals surface area contributed by atoms with E-state index in [-0.39, 0.29) is 11.8 Å². The molecule has 2 aliphatic heterocycles. The lowest BCUT2D eigenvalue weighted by atomic mass is 10.1. The van der Waals surface area contributed by atoms with Crippen molar-refractivity contribution in [2.24, 2.45) is 5.84 Å².